The minimum Gasteiger partial charge on any atom is -0.392 e. The standard InChI is InChI=1S/C22H28N4O/c1-15(2)17-7-9-19(10-8-17)25-21-22-23-11-12-26(22)20(13-24-21)18-5-3-16(14-27)4-6-18/h3-6,11-13,15,17,19,27H,7-10,14H2,1-2H3,(H,24,25). The number of hydrogen-bond acceptors (Lipinski definition) is 4. The molecule has 27 heavy (non-hydrogen) atoms. The van der Waals surface area contributed by atoms with Crippen molar-refractivity contribution >= 4 is 11.5 Å². The number of nitrogens with zero attached hydrogens (tertiary/aromatic N) is 3. The zero-order valence-electron chi connectivity index (χ0n) is 16.1. The molecule has 0 aliphatic heterocycles. The summed E-state index contributed by atoms with van der Waals surface area (Å²) < 4.78 is 2.09. The van der Waals surface area contributed by atoms with Crippen LogP contribution in [0, 0.1) is 11.8 Å². The van der Waals surface area contributed by atoms with E-state index < -0.39 is 0 Å². The van der Waals surface area contributed by atoms with Crippen molar-refractivity contribution in [3.63, 3.8) is 0 Å². The molecule has 1 aliphatic rings. The summed E-state index contributed by atoms with van der Waals surface area (Å²) in [6.45, 7) is 4.72. The molecule has 1 fully saturated rings. The van der Waals surface area contributed by atoms with E-state index in [4.69, 9.17) is 4.98 Å². The topological polar surface area (TPSA) is 62.5 Å². The van der Waals surface area contributed by atoms with Crippen LogP contribution in [0.2, 0.25) is 0 Å². The molecule has 5 heteroatoms. The lowest BCUT2D eigenvalue weighted by Crippen LogP contribution is -2.28. The third kappa shape index (κ3) is 3.69. The van der Waals surface area contributed by atoms with E-state index in [-0.39, 0.29) is 6.61 Å². The summed E-state index contributed by atoms with van der Waals surface area (Å²) in [5.74, 6) is 2.50. The van der Waals surface area contributed by atoms with Gasteiger partial charge in [-0.1, -0.05) is 38.1 Å². The fourth-order valence-corrected chi connectivity index (χ4v) is 4.14. The quantitative estimate of drug-likeness (QED) is 0.699. The van der Waals surface area contributed by atoms with Gasteiger partial charge in [0.05, 0.1) is 18.5 Å². The van der Waals surface area contributed by atoms with Crippen LogP contribution in [0.25, 0.3) is 16.9 Å². The van der Waals surface area contributed by atoms with Crippen LogP contribution in [0.4, 0.5) is 5.82 Å². The van der Waals surface area contributed by atoms with Gasteiger partial charge in [-0.2, -0.15) is 0 Å². The van der Waals surface area contributed by atoms with E-state index in [1.165, 1.54) is 25.7 Å². The van der Waals surface area contributed by atoms with E-state index in [0.717, 1.165) is 40.1 Å². The molecule has 2 aromatic heterocycles. The Morgan fingerprint density at radius 1 is 1.11 bits per heavy atom. The van der Waals surface area contributed by atoms with Gasteiger partial charge in [0.25, 0.3) is 0 Å². The first kappa shape index (κ1) is 18.0. The first-order valence-corrected chi connectivity index (χ1v) is 9.94. The second-order valence-electron chi connectivity index (χ2n) is 7.97. The van der Waals surface area contributed by atoms with Crippen LogP contribution in [-0.2, 0) is 6.61 Å². The third-order valence-electron chi connectivity index (χ3n) is 5.92. The molecule has 1 saturated carbocycles. The van der Waals surface area contributed by atoms with Crippen molar-refractivity contribution in [2.24, 2.45) is 11.8 Å². The van der Waals surface area contributed by atoms with E-state index in [2.05, 4.69) is 28.5 Å². The first-order valence-electron chi connectivity index (χ1n) is 9.94. The second kappa shape index (κ2) is 7.69. The normalized spacial score (nSPS) is 20.3. The average Bonchev–Trinajstić information content (AvgIpc) is 3.19. The summed E-state index contributed by atoms with van der Waals surface area (Å²) in [5.41, 5.74) is 3.83. The molecule has 0 spiro atoms. The lowest BCUT2D eigenvalue weighted by Gasteiger charge is -2.31. The third-order valence-corrected chi connectivity index (χ3v) is 5.92. The summed E-state index contributed by atoms with van der Waals surface area (Å²) in [4.78, 5) is 9.25. The zero-order chi connectivity index (χ0) is 18.8. The van der Waals surface area contributed by atoms with E-state index >= 15 is 0 Å². The highest BCUT2D eigenvalue weighted by Crippen LogP contribution is 2.32. The zero-order valence-corrected chi connectivity index (χ0v) is 16.1. The van der Waals surface area contributed by atoms with Gasteiger partial charge in [-0.05, 0) is 43.1 Å². The van der Waals surface area contributed by atoms with Gasteiger partial charge in [0, 0.05) is 24.0 Å². The van der Waals surface area contributed by atoms with Gasteiger partial charge in [-0.3, -0.25) is 4.40 Å². The predicted molar refractivity (Wildman–Crippen MR) is 109 cm³/mol. The number of anilines is 1. The minimum atomic E-state index is 0.0565. The Hall–Kier alpha value is -2.40. The summed E-state index contributed by atoms with van der Waals surface area (Å²) in [6.07, 6.45) is 10.7. The summed E-state index contributed by atoms with van der Waals surface area (Å²) in [5, 5.41) is 12.9. The SMILES string of the molecule is CC(C)C1CCC(Nc2ncc(-c3ccc(CO)cc3)n3ccnc23)CC1. The molecule has 4 rings (SSSR count). The Labute approximate surface area is 160 Å². The molecule has 2 heterocycles. The second-order valence-corrected chi connectivity index (χ2v) is 7.97. The molecule has 142 valence electrons. The number of rotatable bonds is 5. The van der Waals surface area contributed by atoms with Crippen LogP contribution in [0.5, 0.6) is 0 Å². The van der Waals surface area contributed by atoms with Crippen LogP contribution in [-0.4, -0.2) is 25.5 Å². The van der Waals surface area contributed by atoms with Crippen molar-refractivity contribution < 1.29 is 5.11 Å². The van der Waals surface area contributed by atoms with Gasteiger partial charge in [-0.25, -0.2) is 9.97 Å². The Balaban J connectivity index is 1.56. The molecule has 5 nitrogen and oxygen atoms in total. The fourth-order valence-electron chi connectivity index (χ4n) is 4.14. The maximum Gasteiger partial charge on any atom is 0.180 e. The van der Waals surface area contributed by atoms with Crippen LogP contribution in [0.15, 0.2) is 42.9 Å². The minimum absolute atomic E-state index is 0.0565. The van der Waals surface area contributed by atoms with Crippen molar-refractivity contribution in [2.45, 2.75) is 52.2 Å². The Kier molecular flexibility index (Phi) is 5.12. The molecular weight excluding hydrogens is 336 g/mol. The molecule has 3 aromatic rings. The fraction of sp³-hybridized carbons (Fsp3) is 0.455. The summed E-state index contributed by atoms with van der Waals surface area (Å²) in [7, 11) is 0. The van der Waals surface area contributed by atoms with Gasteiger partial charge in [0.15, 0.2) is 11.5 Å². The van der Waals surface area contributed by atoms with Crippen molar-refractivity contribution in [1.82, 2.24) is 14.4 Å². The Morgan fingerprint density at radius 3 is 2.52 bits per heavy atom. The number of benzene rings is 1. The maximum absolute atomic E-state index is 9.24. The van der Waals surface area contributed by atoms with Crippen molar-refractivity contribution in [3.05, 3.63) is 48.4 Å². The number of aliphatic hydroxyl groups excluding tert-OH is 1. The smallest absolute Gasteiger partial charge is 0.180 e. The lowest BCUT2D eigenvalue weighted by atomic mass is 9.80. The van der Waals surface area contributed by atoms with E-state index in [1.807, 2.05) is 42.9 Å². The van der Waals surface area contributed by atoms with Crippen LogP contribution in [0.3, 0.4) is 0 Å². The van der Waals surface area contributed by atoms with Crippen molar-refractivity contribution in [2.75, 3.05) is 5.32 Å². The van der Waals surface area contributed by atoms with E-state index in [1.54, 1.807) is 0 Å². The molecule has 0 amide bonds. The number of aromatic nitrogens is 3. The highest BCUT2D eigenvalue weighted by molar-refractivity contribution is 5.70. The molecule has 0 unspecified atom stereocenters. The molecule has 1 aliphatic carbocycles. The number of hydrogen-bond donors (Lipinski definition) is 2. The van der Waals surface area contributed by atoms with Gasteiger partial charge in [-0.15, -0.1) is 0 Å². The van der Waals surface area contributed by atoms with Crippen molar-refractivity contribution in [1.29, 1.82) is 0 Å². The predicted octanol–water partition coefficient (Wildman–Crippen LogP) is 4.52. The maximum atomic E-state index is 9.24. The van der Waals surface area contributed by atoms with Crippen molar-refractivity contribution in [3.8, 4) is 11.3 Å². The monoisotopic (exact) mass is 364 g/mol. The van der Waals surface area contributed by atoms with Gasteiger partial charge >= 0.3 is 0 Å². The number of imidazole rings is 1. The Bertz CT molecular complexity index is 892. The number of aliphatic hydroxyl groups is 1. The highest BCUT2D eigenvalue weighted by Gasteiger charge is 2.24. The number of nitrogens with one attached hydrogen (secondary N) is 1. The molecule has 0 radical (unpaired) electrons. The Morgan fingerprint density at radius 2 is 1.85 bits per heavy atom. The molecule has 0 saturated heterocycles. The van der Waals surface area contributed by atoms with Gasteiger partial charge in [0.1, 0.15) is 0 Å². The van der Waals surface area contributed by atoms with Crippen LogP contribution in [0.1, 0.15) is 45.1 Å². The summed E-state index contributed by atoms with van der Waals surface area (Å²) >= 11 is 0. The molecule has 2 N–H and O–H groups in total. The highest BCUT2D eigenvalue weighted by atomic mass is 16.3. The average molecular weight is 364 g/mol. The molecule has 0 atom stereocenters. The van der Waals surface area contributed by atoms with Gasteiger partial charge in [0.2, 0.25) is 0 Å². The molecule has 1 aromatic carbocycles. The van der Waals surface area contributed by atoms with Gasteiger partial charge < -0.3 is 10.4 Å². The molecular formula is C22H28N4O. The van der Waals surface area contributed by atoms with E-state index in [0.29, 0.717) is 6.04 Å². The lowest BCUT2D eigenvalue weighted by molar-refractivity contribution is 0.267. The first-order chi connectivity index (χ1) is 13.2. The largest absolute Gasteiger partial charge is 0.392 e. The number of fused-ring (bicyclic) bond motifs is 1. The van der Waals surface area contributed by atoms with Crippen LogP contribution >= 0.6 is 0 Å². The molecule has 0 bridgehead atoms. The van der Waals surface area contributed by atoms with E-state index in [9.17, 15) is 5.11 Å². The van der Waals surface area contributed by atoms with Crippen LogP contribution < -0.4 is 5.32 Å². The summed E-state index contributed by atoms with van der Waals surface area (Å²) in [6, 6.07) is 8.39.